The van der Waals surface area contributed by atoms with E-state index in [2.05, 4.69) is 10.4 Å². The van der Waals surface area contributed by atoms with Gasteiger partial charge in [0.2, 0.25) is 5.91 Å². The van der Waals surface area contributed by atoms with Crippen LogP contribution in [0.1, 0.15) is 25.3 Å². The van der Waals surface area contributed by atoms with Gasteiger partial charge in [-0.15, -0.1) is 0 Å². The van der Waals surface area contributed by atoms with Gasteiger partial charge in [-0.1, -0.05) is 29.4 Å². The van der Waals surface area contributed by atoms with E-state index in [0.717, 1.165) is 18.4 Å². The monoisotopic (exact) mass is 363 g/mol. The summed E-state index contributed by atoms with van der Waals surface area (Å²) in [6.45, 7) is 3.73. The highest BCUT2D eigenvalue weighted by molar-refractivity contribution is 8.00. The average molecular weight is 364 g/mol. The van der Waals surface area contributed by atoms with Gasteiger partial charge in [-0.25, -0.2) is 0 Å². The summed E-state index contributed by atoms with van der Waals surface area (Å²) in [6, 6.07) is 8.78. The van der Waals surface area contributed by atoms with Gasteiger partial charge in [-0.3, -0.25) is 9.59 Å². The van der Waals surface area contributed by atoms with E-state index in [1.54, 1.807) is 18.2 Å². The lowest BCUT2D eigenvalue weighted by molar-refractivity contribution is -0.120. The molecule has 0 radical (unpaired) electrons. The van der Waals surface area contributed by atoms with Crippen molar-refractivity contribution >= 4 is 29.3 Å². The van der Waals surface area contributed by atoms with Crippen LogP contribution >= 0.6 is 23.4 Å². The Morgan fingerprint density at radius 1 is 1.38 bits per heavy atom. The second-order valence-electron chi connectivity index (χ2n) is 5.90. The number of hydrogen-bond acceptors (Lipinski definition) is 4. The van der Waals surface area contributed by atoms with Gasteiger partial charge < -0.3 is 5.32 Å². The molecule has 1 heterocycles. The average Bonchev–Trinajstić information content (AvgIpc) is 3.36. The smallest absolute Gasteiger partial charge is 0.271 e. The van der Waals surface area contributed by atoms with Gasteiger partial charge in [0.05, 0.1) is 10.9 Å². The second kappa shape index (κ2) is 6.99. The van der Waals surface area contributed by atoms with E-state index in [-0.39, 0.29) is 16.7 Å². The summed E-state index contributed by atoms with van der Waals surface area (Å²) in [7, 11) is 0. The molecule has 1 fully saturated rings. The van der Waals surface area contributed by atoms with Crippen molar-refractivity contribution < 1.29 is 4.79 Å². The molecule has 0 aliphatic heterocycles. The van der Waals surface area contributed by atoms with Crippen molar-refractivity contribution in [3.63, 3.8) is 0 Å². The third-order valence-corrected chi connectivity index (χ3v) is 5.20. The van der Waals surface area contributed by atoms with Crippen molar-refractivity contribution in [2.45, 2.75) is 43.0 Å². The van der Waals surface area contributed by atoms with Crippen molar-refractivity contribution in [2.24, 2.45) is 0 Å². The number of nitrogens with zero attached hydrogens (tertiary/aromatic N) is 2. The van der Waals surface area contributed by atoms with Gasteiger partial charge in [0.1, 0.15) is 5.03 Å². The molecule has 1 aliphatic carbocycles. The minimum atomic E-state index is -0.273. The molecule has 5 nitrogen and oxygen atoms in total. The van der Waals surface area contributed by atoms with Gasteiger partial charge in [-0.2, -0.15) is 9.78 Å². The molecule has 1 N–H and O–H groups in total. The first-order valence-electron chi connectivity index (χ1n) is 7.78. The van der Waals surface area contributed by atoms with Crippen LogP contribution in [0.2, 0.25) is 5.02 Å². The number of carbonyl (C=O) groups is 1. The summed E-state index contributed by atoms with van der Waals surface area (Å²) in [5.74, 6) is 0.000398. The normalized spacial score (nSPS) is 15.1. The predicted octanol–water partition coefficient (Wildman–Crippen LogP) is 2.95. The fraction of sp³-hybridized carbons (Fsp3) is 0.353. The largest absolute Gasteiger partial charge is 0.352 e. The van der Waals surface area contributed by atoms with Crippen LogP contribution in [0, 0.1) is 6.92 Å². The van der Waals surface area contributed by atoms with Crippen LogP contribution in [-0.2, 0) is 4.79 Å². The molecule has 7 heteroatoms. The Kier molecular flexibility index (Phi) is 4.96. The molecule has 1 aromatic heterocycles. The molecule has 1 amide bonds. The third kappa shape index (κ3) is 3.99. The molecule has 1 aliphatic rings. The molecular formula is C17H18ClN3O2S. The van der Waals surface area contributed by atoms with Crippen LogP contribution in [0.15, 0.2) is 40.2 Å². The van der Waals surface area contributed by atoms with Crippen molar-refractivity contribution in [3.05, 3.63) is 51.3 Å². The van der Waals surface area contributed by atoms with E-state index >= 15 is 0 Å². The molecule has 1 saturated carbocycles. The summed E-state index contributed by atoms with van der Waals surface area (Å²) in [5, 5.41) is 8.25. The summed E-state index contributed by atoms with van der Waals surface area (Å²) >= 11 is 7.47. The van der Waals surface area contributed by atoms with Crippen molar-refractivity contribution in [1.29, 1.82) is 0 Å². The number of aryl methyl sites for hydroxylation is 1. The third-order valence-electron chi connectivity index (χ3n) is 3.77. The zero-order valence-corrected chi connectivity index (χ0v) is 15.0. The van der Waals surface area contributed by atoms with E-state index in [0.29, 0.717) is 21.8 Å². The fourth-order valence-corrected chi connectivity index (χ4v) is 3.12. The Hall–Kier alpha value is -1.79. The second-order valence-corrected chi connectivity index (χ2v) is 7.67. The lowest BCUT2D eigenvalue weighted by Gasteiger charge is -2.12. The standard InChI is InChI=1S/C17H18ClN3O2S/c1-10-3-6-13(9-14(10)18)21-16(22)8-7-15(20-21)24-11(2)17(23)19-12-4-5-12/h3,6-9,11-12H,4-5H2,1-2H3,(H,19,23). The maximum atomic E-state index is 12.1. The predicted molar refractivity (Wildman–Crippen MR) is 96.1 cm³/mol. The SMILES string of the molecule is Cc1ccc(-n2nc(SC(C)C(=O)NC3CC3)ccc2=O)cc1Cl. The number of thioether (sulfide) groups is 1. The first-order valence-corrected chi connectivity index (χ1v) is 9.04. The number of aromatic nitrogens is 2. The zero-order chi connectivity index (χ0) is 17.3. The Labute approximate surface area is 149 Å². The van der Waals surface area contributed by atoms with Gasteiger partial charge in [0.15, 0.2) is 0 Å². The van der Waals surface area contributed by atoms with Gasteiger partial charge in [0.25, 0.3) is 5.56 Å². The van der Waals surface area contributed by atoms with E-state index in [9.17, 15) is 9.59 Å². The van der Waals surface area contributed by atoms with Crippen LogP contribution in [0.5, 0.6) is 0 Å². The van der Waals surface area contributed by atoms with Crippen molar-refractivity contribution in [2.75, 3.05) is 0 Å². The number of halogens is 1. The van der Waals surface area contributed by atoms with E-state index in [1.165, 1.54) is 22.5 Å². The summed E-state index contributed by atoms with van der Waals surface area (Å²) < 4.78 is 1.30. The van der Waals surface area contributed by atoms with Crippen LogP contribution in [0.3, 0.4) is 0 Å². The Morgan fingerprint density at radius 2 is 2.12 bits per heavy atom. The quantitative estimate of drug-likeness (QED) is 0.829. The number of benzene rings is 1. The van der Waals surface area contributed by atoms with Crippen LogP contribution in [-0.4, -0.2) is 27.0 Å². The summed E-state index contributed by atoms with van der Waals surface area (Å²) in [6.07, 6.45) is 2.11. The molecule has 2 aromatic rings. The van der Waals surface area contributed by atoms with E-state index < -0.39 is 0 Å². The Balaban J connectivity index is 1.81. The molecule has 0 saturated heterocycles. The van der Waals surface area contributed by atoms with Crippen molar-refractivity contribution in [3.8, 4) is 5.69 Å². The molecule has 0 spiro atoms. The number of amides is 1. The highest BCUT2D eigenvalue weighted by Gasteiger charge is 2.26. The first-order chi connectivity index (χ1) is 11.4. The lowest BCUT2D eigenvalue weighted by Crippen LogP contribution is -2.32. The Morgan fingerprint density at radius 3 is 2.79 bits per heavy atom. The minimum Gasteiger partial charge on any atom is -0.352 e. The maximum Gasteiger partial charge on any atom is 0.271 e. The van der Waals surface area contributed by atoms with Crippen LogP contribution in [0.4, 0.5) is 0 Å². The maximum absolute atomic E-state index is 12.1. The number of nitrogens with one attached hydrogen (secondary N) is 1. The zero-order valence-electron chi connectivity index (χ0n) is 13.5. The van der Waals surface area contributed by atoms with Crippen LogP contribution < -0.4 is 10.9 Å². The van der Waals surface area contributed by atoms with Gasteiger partial charge >= 0.3 is 0 Å². The Bertz CT molecular complexity index is 833. The summed E-state index contributed by atoms with van der Waals surface area (Å²) in [5.41, 5.74) is 1.30. The molecule has 0 bridgehead atoms. The number of rotatable bonds is 5. The highest BCUT2D eigenvalue weighted by atomic mass is 35.5. The topological polar surface area (TPSA) is 64.0 Å². The van der Waals surface area contributed by atoms with Crippen LogP contribution in [0.25, 0.3) is 5.69 Å². The number of carbonyl (C=O) groups excluding carboxylic acids is 1. The van der Waals surface area contributed by atoms with Crippen molar-refractivity contribution in [1.82, 2.24) is 15.1 Å². The van der Waals surface area contributed by atoms with Gasteiger partial charge in [-0.05, 0) is 50.5 Å². The molecule has 126 valence electrons. The van der Waals surface area contributed by atoms with E-state index in [4.69, 9.17) is 11.6 Å². The fourth-order valence-electron chi connectivity index (χ4n) is 2.14. The molecule has 3 rings (SSSR count). The molecule has 1 aromatic carbocycles. The summed E-state index contributed by atoms with van der Waals surface area (Å²) in [4.78, 5) is 24.2. The minimum absolute atomic E-state index is 0.000398. The molecule has 24 heavy (non-hydrogen) atoms. The molecule has 1 unspecified atom stereocenters. The van der Waals surface area contributed by atoms with E-state index in [1.807, 2.05) is 19.9 Å². The molecular weight excluding hydrogens is 346 g/mol. The number of hydrogen-bond donors (Lipinski definition) is 1. The lowest BCUT2D eigenvalue weighted by atomic mass is 10.2. The highest BCUT2D eigenvalue weighted by Crippen LogP contribution is 2.24. The molecule has 1 atom stereocenters. The first kappa shape index (κ1) is 17.0. The van der Waals surface area contributed by atoms with Gasteiger partial charge in [0, 0.05) is 17.1 Å².